The van der Waals surface area contributed by atoms with Gasteiger partial charge < -0.3 is 10.1 Å². The molecule has 0 saturated carbocycles. The van der Waals surface area contributed by atoms with E-state index in [1.807, 2.05) is 0 Å². The molecular weight excluding hydrogens is 274 g/mol. The van der Waals surface area contributed by atoms with Crippen LogP contribution in [-0.4, -0.2) is 25.2 Å². The maximum absolute atomic E-state index is 11.9. The van der Waals surface area contributed by atoms with Crippen molar-refractivity contribution in [3.8, 4) is 0 Å². The first-order chi connectivity index (χ1) is 10.4. The Labute approximate surface area is 134 Å². The summed E-state index contributed by atoms with van der Waals surface area (Å²) in [6.07, 6.45) is 4.94. The molecule has 1 heterocycles. The maximum Gasteiger partial charge on any atom is 0.220 e. The third-order valence-corrected chi connectivity index (χ3v) is 4.27. The van der Waals surface area contributed by atoms with Crippen molar-refractivity contribution in [1.29, 1.82) is 0 Å². The van der Waals surface area contributed by atoms with Gasteiger partial charge in [-0.25, -0.2) is 0 Å². The first-order valence-electron chi connectivity index (χ1n) is 8.43. The van der Waals surface area contributed by atoms with Gasteiger partial charge in [-0.2, -0.15) is 0 Å². The predicted molar refractivity (Wildman–Crippen MR) is 90.1 cm³/mol. The van der Waals surface area contributed by atoms with Crippen LogP contribution in [0.2, 0.25) is 0 Å². The minimum absolute atomic E-state index is 0.137. The number of ether oxygens (including phenoxy) is 1. The van der Waals surface area contributed by atoms with Crippen molar-refractivity contribution in [3.05, 3.63) is 35.4 Å². The predicted octanol–water partition coefficient (Wildman–Crippen LogP) is 3.60. The fraction of sp³-hybridized carbons (Fsp3) is 0.632. The van der Waals surface area contributed by atoms with Crippen LogP contribution in [0, 0.1) is 0 Å². The molecule has 0 aliphatic carbocycles. The van der Waals surface area contributed by atoms with Crippen molar-refractivity contribution in [2.45, 2.75) is 64.4 Å². The van der Waals surface area contributed by atoms with E-state index in [0.29, 0.717) is 12.5 Å². The van der Waals surface area contributed by atoms with Gasteiger partial charge in [0, 0.05) is 19.6 Å². The second-order valence-electron chi connectivity index (χ2n) is 7.22. The molecule has 3 heteroatoms. The largest absolute Gasteiger partial charge is 0.378 e. The Bertz CT molecular complexity index is 467. The van der Waals surface area contributed by atoms with Gasteiger partial charge in [0.15, 0.2) is 0 Å². The molecule has 22 heavy (non-hydrogen) atoms. The topological polar surface area (TPSA) is 38.3 Å². The van der Waals surface area contributed by atoms with Gasteiger partial charge in [0.1, 0.15) is 0 Å². The van der Waals surface area contributed by atoms with E-state index in [4.69, 9.17) is 4.74 Å². The summed E-state index contributed by atoms with van der Waals surface area (Å²) in [5, 5.41) is 3.00. The molecule has 1 saturated heterocycles. The second kappa shape index (κ2) is 7.77. The van der Waals surface area contributed by atoms with Crippen molar-refractivity contribution < 1.29 is 9.53 Å². The quantitative estimate of drug-likeness (QED) is 0.872. The van der Waals surface area contributed by atoms with Crippen LogP contribution in [0.5, 0.6) is 0 Å². The maximum atomic E-state index is 11.9. The van der Waals surface area contributed by atoms with Crippen LogP contribution in [-0.2, 0) is 21.4 Å². The standard InChI is InChI=1S/C19H29NO2/c1-19(2,3)16-9-6-15(7-10-16)8-11-18(21)20-13-12-17-5-4-14-22-17/h6-7,9-10,17H,4-5,8,11-14H2,1-3H3,(H,20,21). The van der Waals surface area contributed by atoms with Crippen molar-refractivity contribution in [2.24, 2.45) is 0 Å². The summed E-state index contributed by atoms with van der Waals surface area (Å²) < 4.78 is 5.55. The van der Waals surface area contributed by atoms with Gasteiger partial charge in [0.25, 0.3) is 0 Å². The monoisotopic (exact) mass is 303 g/mol. The fourth-order valence-electron chi connectivity index (χ4n) is 2.76. The Morgan fingerprint density at radius 3 is 2.59 bits per heavy atom. The molecule has 3 nitrogen and oxygen atoms in total. The molecule has 1 aromatic carbocycles. The van der Waals surface area contributed by atoms with Crippen LogP contribution in [0.1, 0.15) is 57.6 Å². The van der Waals surface area contributed by atoms with Gasteiger partial charge in [0.2, 0.25) is 5.91 Å². The Kier molecular flexibility index (Phi) is 6.01. The molecule has 1 aliphatic rings. The van der Waals surface area contributed by atoms with Gasteiger partial charge in [-0.1, -0.05) is 45.0 Å². The number of hydrogen-bond donors (Lipinski definition) is 1. The third-order valence-electron chi connectivity index (χ3n) is 4.27. The van der Waals surface area contributed by atoms with Gasteiger partial charge in [-0.15, -0.1) is 0 Å². The number of benzene rings is 1. The molecule has 1 amide bonds. The first kappa shape index (κ1) is 17.0. The van der Waals surface area contributed by atoms with E-state index in [2.05, 4.69) is 50.4 Å². The average molecular weight is 303 g/mol. The van der Waals surface area contributed by atoms with E-state index in [9.17, 15) is 4.79 Å². The summed E-state index contributed by atoms with van der Waals surface area (Å²) in [6, 6.07) is 8.62. The molecule has 0 spiro atoms. The van der Waals surface area contributed by atoms with Gasteiger partial charge in [-0.3, -0.25) is 4.79 Å². The molecule has 1 aromatic rings. The highest BCUT2D eigenvalue weighted by atomic mass is 16.5. The average Bonchev–Trinajstić information content (AvgIpc) is 2.98. The Balaban J connectivity index is 1.67. The summed E-state index contributed by atoms with van der Waals surface area (Å²) in [6.45, 7) is 8.24. The molecule has 0 radical (unpaired) electrons. The number of amides is 1. The van der Waals surface area contributed by atoms with Crippen LogP contribution in [0.3, 0.4) is 0 Å². The Hall–Kier alpha value is -1.35. The zero-order valence-electron chi connectivity index (χ0n) is 14.2. The van der Waals surface area contributed by atoms with Crippen molar-refractivity contribution >= 4 is 5.91 Å². The highest BCUT2D eigenvalue weighted by Gasteiger charge is 2.15. The lowest BCUT2D eigenvalue weighted by atomic mass is 9.86. The minimum atomic E-state index is 0.137. The van der Waals surface area contributed by atoms with E-state index in [0.717, 1.165) is 38.8 Å². The van der Waals surface area contributed by atoms with Crippen LogP contribution >= 0.6 is 0 Å². The van der Waals surface area contributed by atoms with E-state index < -0.39 is 0 Å². The number of nitrogens with one attached hydrogen (secondary N) is 1. The molecule has 2 rings (SSSR count). The smallest absolute Gasteiger partial charge is 0.220 e. The van der Waals surface area contributed by atoms with Crippen molar-refractivity contribution in [2.75, 3.05) is 13.2 Å². The van der Waals surface area contributed by atoms with E-state index in [1.165, 1.54) is 11.1 Å². The molecule has 1 N–H and O–H groups in total. The van der Waals surface area contributed by atoms with Crippen molar-refractivity contribution in [1.82, 2.24) is 5.32 Å². The number of carbonyl (C=O) groups is 1. The van der Waals surface area contributed by atoms with Gasteiger partial charge >= 0.3 is 0 Å². The summed E-state index contributed by atoms with van der Waals surface area (Å²) in [5.74, 6) is 0.137. The van der Waals surface area contributed by atoms with E-state index >= 15 is 0 Å². The Morgan fingerprint density at radius 2 is 2.00 bits per heavy atom. The number of rotatable bonds is 6. The summed E-state index contributed by atoms with van der Waals surface area (Å²) in [4.78, 5) is 11.9. The molecule has 1 unspecified atom stereocenters. The lowest BCUT2D eigenvalue weighted by Crippen LogP contribution is -2.27. The van der Waals surface area contributed by atoms with Crippen LogP contribution in [0.25, 0.3) is 0 Å². The molecule has 1 aliphatic heterocycles. The Morgan fingerprint density at radius 1 is 1.27 bits per heavy atom. The molecule has 0 aromatic heterocycles. The van der Waals surface area contributed by atoms with E-state index in [-0.39, 0.29) is 11.3 Å². The second-order valence-corrected chi connectivity index (χ2v) is 7.22. The summed E-state index contributed by atoms with van der Waals surface area (Å²) >= 11 is 0. The van der Waals surface area contributed by atoms with Gasteiger partial charge in [-0.05, 0) is 42.2 Å². The zero-order chi connectivity index (χ0) is 16.0. The minimum Gasteiger partial charge on any atom is -0.378 e. The summed E-state index contributed by atoms with van der Waals surface area (Å²) in [5.41, 5.74) is 2.73. The fourth-order valence-corrected chi connectivity index (χ4v) is 2.76. The lowest BCUT2D eigenvalue weighted by Gasteiger charge is -2.19. The molecule has 122 valence electrons. The highest BCUT2D eigenvalue weighted by molar-refractivity contribution is 5.76. The molecule has 1 fully saturated rings. The zero-order valence-corrected chi connectivity index (χ0v) is 14.2. The number of hydrogen-bond acceptors (Lipinski definition) is 2. The van der Waals surface area contributed by atoms with Crippen LogP contribution in [0.15, 0.2) is 24.3 Å². The third kappa shape index (κ3) is 5.45. The number of carbonyl (C=O) groups excluding carboxylic acids is 1. The molecule has 0 bridgehead atoms. The normalized spacial score (nSPS) is 18.4. The molecule has 1 atom stereocenters. The van der Waals surface area contributed by atoms with Crippen molar-refractivity contribution in [3.63, 3.8) is 0 Å². The number of aryl methyl sites for hydroxylation is 1. The van der Waals surface area contributed by atoms with Crippen LogP contribution in [0.4, 0.5) is 0 Å². The highest BCUT2D eigenvalue weighted by Crippen LogP contribution is 2.22. The van der Waals surface area contributed by atoms with E-state index in [1.54, 1.807) is 0 Å². The van der Waals surface area contributed by atoms with Gasteiger partial charge in [0.05, 0.1) is 6.10 Å². The lowest BCUT2D eigenvalue weighted by molar-refractivity contribution is -0.121. The summed E-state index contributed by atoms with van der Waals surface area (Å²) in [7, 11) is 0. The first-order valence-corrected chi connectivity index (χ1v) is 8.43. The SMILES string of the molecule is CC(C)(C)c1ccc(CCC(=O)NCCC2CCCO2)cc1. The van der Waals surface area contributed by atoms with Crippen LogP contribution < -0.4 is 5.32 Å². The molecular formula is C19H29NO2.